The molecule has 1 amide bonds. The molecule has 2 aromatic carbocycles. The van der Waals surface area contributed by atoms with Crippen molar-refractivity contribution in [1.82, 2.24) is 9.78 Å². The van der Waals surface area contributed by atoms with Crippen LogP contribution in [0.15, 0.2) is 60.9 Å². The SMILES string of the molecule is CCc1ccc(OCn2cc(NC(=O)c3ccc(Cl)cc3)cn2)cc1. The van der Waals surface area contributed by atoms with Crippen molar-refractivity contribution in [1.29, 1.82) is 0 Å². The minimum Gasteiger partial charge on any atom is -0.471 e. The van der Waals surface area contributed by atoms with Crippen LogP contribution in [0.5, 0.6) is 5.75 Å². The summed E-state index contributed by atoms with van der Waals surface area (Å²) in [6.07, 6.45) is 4.29. The van der Waals surface area contributed by atoms with Crippen molar-refractivity contribution >= 4 is 23.2 Å². The van der Waals surface area contributed by atoms with E-state index >= 15 is 0 Å². The summed E-state index contributed by atoms with van der Waals surface area (Å²) in [7, 11) is 0. The molecule has 5 nitrogen and oxygen atoms in total. The minimum absolute atomic E-state index is 0.215. The highest BCUT2D eigenvalue weighted by Gasteiger charge is 2.07. The first-order valence-corrected chi connectivity index (χ1v) is 8.33. The molecule has 0 aliphatic heterocycles. The quantitative estimate of drug-likeness (QED) is 0.713. The summed E-state index contributed by atoms with van der Waals surface area (Å²) < 4.78 is 7.30. The van der Waals surface area contributed by atoms with Crippen molar-refractivity contribution in [2.75, 3.05) is 5.32 Å². The highest BCUT2D eigenvalue weighted by Crippen LogP contribution is 2.15. The number of aromatic nitrogens is 2. The molecular formula is C19H18ClN3O2. The number of nitrogens with one attached hydrogen (secondary N) is 1. The number of halogens is 1. The average molecular weight is 356 g/mol. The number of ether oxygens (including phenoxy) is 1. The van der Waals surface area contributed by atoms with Gasteiger partial charge in [-0.1, -0.05) is 30.7 Å². The first-order valence-electron chi connectivity index (χ1n) is 7.95. The van der Waals surface area contributed by atoms with Gasteiger partial charge in [0.25, 0.3) is 5.91 Å². The summed E-state index contributed by atoms with van der Waals surface area (Å²) >= 11 is 5.82. The van der Waals surface area contributed by atoms with Gasteiger partial charge in [0, 0.05) is 10.6 Å². The topological polar surface area (TPSA) is 56.1 Å². The number of amides is 1. The fourth-order valence-electron chi connectivity index (χ4n) is 2.27. The van der Waals surface area contributed by atoms with Crippen molar-refractivity contribution < 1.29 is 9.53 Å². The zero-order chi connectivity index (χ0) is 17.6. The second-order valence-electron chi connectivity index (χ2n) is 5.50. The highest BCUT2D eigenvalue weighted by atomic mass is 35.5. The molecule has 0 saturated heterocycles. The molecule has 3 rings (SSSR count). The molecule has 6 heteroatoms. The molecule has 0 fully saturated rings. The van der Waals surface area contributed by atoms with Gasteiger partial charge in [0.15, 0.2) is 6.73 Å². The van der Waals surface area contributed by atoms with Crippen molar-refractivity contribution in [3.63, 3.8) is 0 Å². The largest absolute Gasteiger partial charge is 0.471 e. The minimum atomic E-state index is -0.215. The van der Waals surface area contributed by atoms with E-state index in [4.69, 9.17) is 16.3 Å². The first-order chi connectivity index (χ1) is 12.1. The molecule has 0 spiro atoms. The Labute approximate surface area is 151 Å². The van der Waals surface area contributed by atoms with Crippen molar-refractivity contribution in [3.05, 3.63) is 77.1 Å². The maximum atomic E-state index is 12.2. The molecule has 0 aliphatic rings. The second kappa shape index (κ2) is 7.85. The summed E-state index contributed by atoms with van der Waals surface area (Å²) in [5.74, 6) is 0.562. The maximum absolute atomic E-state index is 12.2. The van der Waals surface area contributed by atoms with Crippen LogP contribution in [0.25, 0.3) is 0 Å². The van der Waals surface area contributed by atoms with Gasteiger partial charge in [-0.3, -0.25) is 4.79 Å². The van der Waals surface area contributed by atoms with Crippen LogP contribution >= 0.6 is 11.6 Å². The third kappa shape index (κ3) is 4.61. The standard InChI is InChI=1S/C19H18ClN3O2/c1-2-14-3-9-18(10-4-14)25-13-23-12-17(11-21-23)22-19(24)15-5-7-16(20)8-6-15/h3-12H,2,13H2,1H3,(H,22,24). The molecule has 0 atom stereocenters. The van der Waals surface area contributed by atoms with Gasteiger partial charge in [0.1, 0.15) is 5.75 Å². The molecule has 0 saturated carbocycles. The van der Waals surface area contributed by atoms with E-state index in [0.29, 0.717) is 16.3 Å². The molecule has 0 radical (unpaired) electrons. The molecular weight excluding hydrogens is 338 g/mol. The van der Waals surface area contributed by atoms with E-state index in [2.05, 4.69) is 17.3 Å². The fraction of sp³-hybridized carbons (Fsp3) is 0.158. The van der Waals surface area contributed by atoms with Gasteiger partial charge in [-0.25, -0.2) is 4.68 Å². The normalized spacial score (nSPS) is 10.5. The van der Waals surface area contributed by atoms with E-state index in [1.807, 2.05) is 24.3 Å². The molecule has 25 heavy (non-hydrogen) atoms. The summed E-state index contributed by atoms with van der Waals surface area (Å²) in [6, 6.07) is 14.6. The molecule has 128 valence electrons. The van der Waals surface area contributed by atoms with Crippen LogP contribution in [0.4, 0.5) is 5.69 Å². The Balaban J connectivity index is 1.56. The highest BCUT2D eigenvalue weighted by molar-refractivity contribution is 6.30. The van der Waals surface area contributed by atoms with Crippen molar-refractivity contribution in [2.24, 2.45) is 0 Å². The van der Waals surface area contributed by atoms with Crippen LogP contribution in [0.1, 0.15) is 22.8 Å². The van der Waals surface area contributed by atoms with Crippen LogP contribution in [0, 0.1) is 0 Å². The van der Waals surface area contributed by atoms with E-state index < -0.39 is 0 Å². The average Bonchev–Trinajstić information content (AvgIpc) is 3.08. The zero-order valence-corrected chi connectivity index (χ0v) is 14.5. The van der Waals surface area contributed by atoms with Crippen LogP contribution < -0.4 is 10.1 Å². The Bertz CT molecular complexity index is 842. The van der Waals surface area contributed by atoms with E-state index in [0.717, 1.165) is 12.2 Å². The summed E-state index contributed by atoms with van der Waals surface area (Å²) in [5.41, 5.74) is 2.40. The third-order valence-corrected chi connectivity index (χ3v) is 3.94. The Kier molecular flexibility index (Phi) is 5.36. The first kappa shape index (κ1) is 17.0. The number of hydrogen-bond acceptors (Lipinski definition) is 3. The number of anilines is 1. The number of rotatable bonds is 6. The number of aryl methyl sites for hydroxylation is 1. The summed E-state index contributed by atoms with van der Waals surface area (Å²) in [4.78, 5) is 12.2. The lowest BCUT2D eigenvalue weighted by molar-refractivity contribution is 0.102. The molecule has 3 aromatic rings. The predicted molar refractivity (Wildman–Crippen MR) is 98.1 cm³/mol. The van der Waals surface area contributed by atoms with Gasteiger partial charge >= 0.3 is 0 Å². The molecule has 1 heterocycles. The van der Waals surface area contributed by atoms with Gasteiger partial charge in [-0.2, -0.15) is 5.10 Å². The zero-order valence-electron chi connectivity index (χ0n) is 13.8. The number of nitrogens with zero attached hydrogens (tertiary/aromatic N) is 2. The Hall–Kier alpha value is -2.79. The van der Waals surface area contributed by atoms with Crippen molar-refractivity contribution in [3.8, 4) is 5.75 Å². The van der Waals surface area contributed by atoms with Crippen LogP contribution in [-0.2, 0) is 13.2 Å². The van der Waals surface area contributed by atoms with Crippen LogP contribution in [0.3, 0.4) is 0 Å². The third-order valence-electron chi connectivity index (χ3n) is 3.69. The Morgan fingerprint density at radius 3 is 2.56 bits per heavy atom. The molecule has 1 aromatic heterocycles. The summed E-state index contributed by atoms with van der Waals surface area (Å²) in [5, 5.41) is 7.56. The number of carbonyl (C=O) groups excluding carboxylic acids is 1. The lowest BCUT2D eigenvalue weighted by Gasteiger charge is -2.06. The lowest BCUT2D eigenvalue weighted by Crippen LogP contribution is -2.11. The summed E-state index contributed by atoms with van der Waals surface area (Å²) in [6.45, 7) is 2.38. The number of benzene rings is 2. The van der Waals surface area contributed by atoms with Gasteiger partial charge < -0.3 is 10.1 Å². The van der Waals surface area contributed by atoms with E-state index in [-0.39, 0.29) is 12.6 Å². The van der Waals surface area contributed by atoms with E-state index in [1.54, 1.807) is 41.3 Å². The van der Waals surface area contributed by atoms with Gasteiger partial charge in [0.2, 0.25) is 0 Å². The van der Waals surface area contributed by atoms with Gasteiger partial charge in [0.05, 0.1) is 18.1 Å². The fourth-order valence-corrected chi connectivity index (χ4v) is 2.39. The van der Waals surface area contributed by atoms with E-state index in [1.165, 1.54) is 5.56 Å². The predicted octanol–water partition coefficient (Wildman–Crippen LogP) is 4.39. The van der Waals surface area contributed by atoms with Gasteiger partial charge in [-0.05, 0) is 48.4 Å². The molecule has 0 aliphatic carbocycles. The molecule has 1 N–H and O–H groups in total. The monoisotopic (exact) mass is 355 g/mol. The smallest absolute Gasteiger partial charge is 0.255 e. The lowest BCUT2D eigenvalue weighted by atomic mass is 10.2. The molecule has 0 unspecified atom stereocenters. The van der Waals surface area contributed by atoms with E-state index in [9.17, 15) is 4.79 Å². The molecule has 0 bridgehead atoms. The van der Waals surface area contributed by atoms with Crippen molar-refractivity contribution in [2.45, 2.75) is 20.1 Å². The Morgan fingerprint density at radius 2 is 1.88 bits per heavy atom. The second-order valence-corrected chi connectivity index (χ2v) is 5.94. The number of carbonyl (C=O) groups is 1. The maximum Gasteiger partial charge on any atom is 0.255 e. The van der Waals surface area contributed by atoms with Crippen LogP contribution in [-0.4, -0.2) is 15.7 Å². The van der Waals surface area contributed by atoms with Gasteiger partial charge in [-0.15, -0.1) is 0 Å². The number of hydrogen-bond donors (Lipinski definition) is 1. The van der Waals surface area contributed by atoms with Crippen LogP contribution in [0.2, 0.25) is 5.02 Å². The Morgan fingerprint density at radius 1 is 1.16 bits per heavy atom.